The molecule has 1 aliphatic heterocycles. The van der Waals surface area contributed by atoms with Gasteiger partial charge in [0, 0.05) is 39.1 Å². The summed E-state index contributed by atoms with van der Waals surface area (Å²) in [6.07, 6.45) is 2.22. The van der Waals surface area contributed by atoms with E-state index in [2.05, 4.69) is 10.2 Å². The number of nitrogens with zero attached hydrogens (tertiary/aromatic N) is 2. The van der Waals surface area contributed by atoms with Crippen molar-refractivity contribution in [1.29, 1.82) is 0 Å². The van der Waals surface area contributed by atoms with Gasteiger partial charge in [-0.1, -0.05) is 25.5 Å². The van der Waals surface area contributed by atoms with E-state index in [0.717, 1.165) is 24.3 Å². The lowest BCUT2D eigenvalue weighted by atomic mass is 10.2. The average molecular weight is 384 g/mol. The first-order valence-electron chi connectivity index (χ1n) is 9.10. The standard InChI is InChI=1S/C18H29N3O4S/c1-3-4-9-18(22)19-10-15-26(23,24)21-13-11-20(12-14-21)16-7-5-6-8-17(16)25-2/h5-8H,3-4,9-15H2,1-2H3,(H,19,22). The maximum Gasteiger partial charge on any atom is 0.220 e. The minimum absolute atomic E-state index is 0.0560. The van der Waals surface area contributed by atoms with Gasteiger partial charge in [-0.15, -0.1) is 0 Å². The second-order valence-corrected chi connectivity index (χ2v) is 8.42. The number of rotatable bonds is 9. The van der Waals surface area contributed by atoms with Crippen molar-refractivity contribution in [3.8, 4) is 5.75 Å². The number of carbonyl (C=O) groups excluding carboxylic acids is 1. The molecule has 1 heterocycles. The van der Waals surface area contributed by atoms with Crippen LogP contribution in [0.5, 0.6) is 5.75 Å². The van der Waals surface area contributed by atoms with E-state index >= 15 is 0 Å². The number of nitrogens with one attached hydrogen (secondary N) is 1. The first-order valence-corrected chi connectivity index (χ1v) is 10.7. The predicted molar refractivity (Wildman–Crippen MR) is 103 cm³/mol. The van der Waals surface area contributed by atoms with Crippen LogP contribution in [0.15, 0.2) is 24.3 Å². The van der Waals surface area contributed by atoms with Gasteiger partial charge in [0.05, 0.1) is 18.6 Å². The molecule has 0 aliphatic carbocycles. The molecule has 0 saturated carbocycles. The molecular weight excluding hydrogens is 354 g/mol. The zero-order chi connectivity index (χ0) is 19.0. The van der Waals surface area contributed by atoms with Crippen LogP contribution in [-0.2, 0) is 14.8 Å². The normalized spacial score (nSPS) is 15.7. The molecule has 7 nitrogen and oxygen atoms in total. The average Bonchev–Trinajstić information content (AvgIpc) is 2.66. The Bertz CT molecular complexity index is 685. The number of anilines is 1. The fourth-order valence-corrected chi connectivity index (χ4v) is 4.31. The van der Waals surface area contributed by atoms with E-state index < -0.39 is 10.0 Å². The quantitative estimate of drug-likeness (QED) is 0.698. The maximum atomic E-state index is 12.5. The highest BCUT2D eigenvalue weighted by molar-refractivity contribution is 7.89. The number of hydrogen-bond donors (Lipinski definition) is 1. The van der Waals surface area contributed by atoms with Crippen molar-refractivity contribution in [2.45, 2.75) is 26.2 Å². The van der Waals surface area contributed by atoms with Crippen LogP contribution in [0.2, 0.25) is 0 Å². The van der Waals surface area contributed by atoms with E-state index in [0.29, 0.717) is 32.6 Å². The van der Waals surface area contributed by atoms with Gasteiger partial charge in [0.25, 0.3) is 0 Å². The van der Waals surface area contributed by atoms with Crippen LogP contribution in [0.25, 0.3) is 0 Å². The van der Waals surface area contributed by atoms with Crippen molar-refractivity contribution >= 4 is 21.6 Å². The zero-order valence-electron chi connectivity index (χ0n) is 15.6. The molecule has 146 valence electrons. The first kappa shape index (κ1) is 20.5. The van der Waals surface area contributed by atoms with Crippen LogP contribution in [-0.4, -0.2) is 64.2 Å². The van der Waals surface area contributed by atoms with Gasteiger partial charge in [-0.3, -0.25) is 4.79 Å². The Morgan fingerprint density at radius 1 is 1.19 bits per heavy atom. The highest BCUT2D eigenvalue weighted by Crippen LogP contribution is 2.28. The molecule has 1 saturated heterocycles. The first-order chi connectivity index (χ1) is 12.5. The number of benzene rings is 1. The molecule has 26 heavy (non-hydrogen) atoms. The monoisotopic (exact) mass is 383 g/mol. The lowest BCUT2D eigenvalue weighted by Gasteiger charge is -2.36. The number of carbonyl (C=O) groups is 1. The molecule has 0 atom stereocenters. The molecule has 1 aliphatic rings. The summed E-state index contributed by atoms with van der Waals surface area (Å²) in [4.78, 5) is 13.7. The Hall–Kier alpha value is -1.80. The number of ether oxygens (including phenoxy) is 1. The number of unbranched alkanes of at least 4 members (excludes halogenated alkanes) is 1. The molecule has 2 rings (SSSR count). The number of amides is 1. The molecule has 1 N–H and O–H groups in total. The Morgan fingerprint density at radius 2 is 1.88 bits per heavy atom. The highest BCUT2D eigenvalue weighted by Gasteiger charge is 2.27. The van der Waals surface area contributed by atoms with Crippen LogP contribution < -0.4 is 15.0 Å². The molecule has 0 bridgehead atoms. The topological polar surface area (TPSA) is 79.0 Å². The highest BCUT2D eigenvalue weighted by atomic mass is 32.2. The minimum Gasteiger partial charge on any atom is -0.495 e. The van der Waals surface area contributed by atoms with Gasteiger partial charge in [-0.25, -0.2) is 8.42 Å². The number of methoxy groups -OCH3 is 1. The second kappa shape index (κ2) is 9.78. The van der Waals surface area contributed by atoms with Crippen molar-refractivity contribution in [2.24, 2.45) is 0 Å². The van der Waals surface area contributed by atoms with Gasteiger partial charge >= 0.3 is 0 Å². The van der Waals surface area contributed by atoms with E-state index in [1.807, 2.05) is 31.2 Å². The van der Waals surface area contributed by atoms with Crippen LogP contribution >= 0.6 is 0 Å². The van der Waals surface area contributed by atoms with E-state index in [-0.39, 0.29) is 18.2 Å². The summed E-state index contributed by atoms with van der Waals surface area (Å²) in [5.41, 5.74) is 0.982. The van der Waals surface area contributed by atoms with Crippen molar-refractivity contribution in [3.05, 3.63) is 24.3 Å². The number of para-hydroxylation sites is 2. The minimum atomic E-state index is -3.36. The molecule has 1 fully saturated rings. The predicted octanol–water partition coefficient (Wildman–Crippen LogP) is 1.45. The number of piperazine rings is 1. The molecule has 1 aromatic carbocycles. The lowest BCUT2D eigenvalue weighted by Crippen LogP contribution is -2.50. The summed E-state index contributed by atoms with van der Waals surface area (Å²) in [6, 6.07) is 7.74. The van der Waals surface area contributed by atoms with Crippen LogP contribution in [0, 0.1) is 0 Å². The molecule has 1 amide bonds. The molecule has 0 aromatic heterocycles. The third-order valence-electron chi connectivity index (χ3n) is 4.50. The molecule has 1 aromatic rings. The van der Waals surface area contributed by atoms with Gasteiger partial charge in [0.15, 0.2) is 0 Å². The Morgan fingerprint density at radius 3 is 2.54 bits per heavy atom. The van der Waals surface area contributed by atoms with Gasteiger partial charge in [-0.05, 0) is 18.6 Å². The third-order valence-corrected chi connectivity index (χ3v) is 6.37. The maximum absolute atomic E-state index is 12.5. The van der Waals surface area contributed by atoms with E-state index in [1.165, 1.54) is 4.31 Å². The van der Waals surface area contributed by atoms with Gasteiger partial charge in [-0.2, -0.15) is 4.31 Å². The largest absolute Gasteiger partial charge is 0.495 e. The second-order valence-electron chi connectivity index (χ2n) is 6.33. The van der Waals surface area contributed by atoms with Crippen LogP contribution in [0.4, 0.5) is 5.69 Å². The Labute approximate surface area is 156 Å². The third kappa shape index (κ3) is 5.60. The van der Waals surface area contributed by atoms with Crippen molar-refractivity contribution in [2.75, 3.05) is 50.5 Å². The smallest absolute Gasteiger partial charge is 0.220 e. The lowest BCUT2D eigenvalue weighted by molar-refractivity contribution is -0.121. The van der Waals surface area contributed by atoms with Crippen LogP contribution in [0.3, 0.4) is 0 Å². The van der Waals surface area contributed by atoms with E-state index in [4.69, 9.17) is 4.74 Å². The van der Waals surface area contributed by atoms with Gasteiger partial charge < -0.3 is 15.0 Å². The van der Waals surface area contributed by atoms with E-state index in [1.54, 1.807) is 7.11 Å². The van der Waals surface area contributed by atoms with Crippen molar-refractivity contribution in [1.82, 2.24) is 9.62 Å². The molecule has 8 heteroatoms. The van der Waals surface area contributed by atoms with Gasteiger partial charge in [0.1, 0.15) is 5.75 Å². The zero-order valence-corrected chi connectivity index (χ0v) is 16.4. The molecular formula is C18H29N3O4S. The Kier molecular flexibility index (Phi) is 7.71. The van der Waals surface area contributed by atoms with Gasteiger partial charge in [0.2, 0.25) is 15.9 Å². The summed E-state index contributed by atoms with van der Waals surface area (Å²) >= 11 is 0. The van der Waals surface area contributed by atoms with Crippen molar-refractivity contribution in [3.63, 3.8) is 0 Å². The fraction of sp³-hybridized carbons (Fsp3) is 0.611. The Balaban J connectivity index is 1.83. The summed E-state index contributed by atoms with van der Waals surface area (Å²) < 4.78 is 31.9. The SMILES string of the molecule is CCCCC(=O)NCCS(=O)(=O)N1CCN(c2ccccc2OC)CC1. The summed E-state index contributed by atoms with van der Waals surface area (Å²) in [6.45, 7) is 4.28. The number of sulfonamides is 1. The van der Waals surface area contributed by atoms with Crippen molar-refractivity contribution < 1.29 is 17.9 Å². The van der Waals surface area contributed by atoms with Crippen LogP contribution in [0.1, 0.15) is 26.2 Å². The molecule has 0 spiro atoms. The fourth-order valence-electron chi connectivity index (χ4n) is 2.97. The number of hydrogen-bond acceptors (Lipinski definition) is 5. The summed E-state index contributed by atoms with van der Waals surface area (Å²) in [5, 5.41) is 2.69. The molecule has 0 radical (unpaired) electrons. The summed E-state index contributed by atoms with van der Waals surface area (Å²) in [5.74, 6) is 0.654. The molecule has 0 unspecified atom stereocenters. The summed E-state index contributed by atoms with van der Waals surface area (Å²) in [7, 11) is -1.73. The van der Waals surface area contributed by atoms with E-state index in [9.17, 15) is 13.2 Å².